The molecule has 2 amide bonds. The molecule has 0 spiro atoms. The smallest absolute Gasteiger partial charge is 0.328 e. The lowest BCUT2D eigenvalue weighted by molar-refractivity contribution is -0.385. The minimum atomic E-state index is -1.10. The third-order valence-corrected chi connectivity index (χ3v) is 4.17. The zero-order chi connectivity index (χ0) is 18.0. The maximum absolute atomic E-state index is 12.3. The van der Waals surface area contributed by atoms with Crippen LogP contribution in [0, 0.1) is 10.1 Å². The molecule has 0 bridgehead atoms. The SMILES string of the molecule is COC(=O)[C@@H](C)N1C(=O)S/C(=C/c2cccc([N+](=O)[O-])c2O)C1=O. The number of imide groups is 1. The Morgan fingerprint density at radius 1 is 1.46 bits per heavy atom. The Morgan fingerprint density at radius 2 is 2.12 bits per heavy atom. The predicted octanol–water partition coefficient (Wildman–Crippen LogP) is 1.90. The Bertz CT molecular complexity index is 774. The third-order valence-electron chi connectivity index (χ3n) is 3.28. The first-order valence-electron chi connectivity index (χ1n) is 6.59. The number of para-hydroxylation sites is 1. The zero-order valence-electron chi connectivity index (χ0n) is 12.6. The van der Waals surface area contributed by atoms with E-state index >= 15 is 0 Å². The van der Waals surface area contributed by atoms with E-state index in [0.29, 0.717) is 11.8 Å². The topological polar surface area (TPSA) is 127 Å². The molecule has 1 aliphatic heterocycles. The van der Waals surface area contributed by atoms with E-state index in [4.69, 9.17) is 0 Å². The summed E-state index contributed by atoms with van der Waals surface area (Å²) < 4.78 is 4.51. The summed E-state index contributed by atoms with van der Waals surface area (Å²) in [7, 11) is 1.13. The van der Waals surface area contributed by atoms with Crippen molar-refractivity contribution in [2.24, 2.45) is 0 Å². The quantitative estimate of drug-likeness (QED) is 0.377. The Kier molecular flexibility index (Phi) is 4.88. The van der Waals surface area contributed by atoms with Gasteiger partial charge >= 0.3 is 11.7 Å². The second kappa shape index (κ2) is 6.71. The number of nitro benzene ring substituents is 1. The van der Waals surface area contributed by atoms with E-state index in [1.165, 1.54) is 19.1 Å². The predicted molar refractivity (Wildman–Crippen MR) is 84.0 cm³/mol. The standard InChI is InChI=1S/C14H12N2O7S/c1-7(13(19)23-2)15-12(18)10(24-14(15)20)6-8-4-3-5-9(11(8)17)16(21)22/h3-7,17H,1-2H3/b10-6+/t7-/m1/s1. The van der Waals surface area contributed by atoms with Gasteiger partial charge in [-0.3, -0.25) is 24.6 Å². The minimum absolute atomic E-state index is 0.0143. The van der Waals surface area contributed by atoms with Crippen LogP contribution in [0.1, 0.15) is 12.5 Å². The van der Waals surface area contributed by atoms with E-state index in [1.54, 1.807) is 0 Å². The average Bonchev–Trinajstić information content (AvgIpc) is 2.81. The average molecular weight is 352 g/mol. The summed E-state index contributed by atoms with van der Waals surface area (Å²) in [5.74, 6) is -2.11. The monoisotopic (exact) mass is 352 g/mol. The van der Waals surface area contributed by atoms with Gasteiger partial charge in [0, 0.05) is 11.6 Å². The molecular formula is C14H12N2O7S. The largest absolute Gasteiger partial charge is 0.502 e. The summed E-state index contributed by atoms with van der Waals surface area (Å²) in [6, 6.07) is 2.70. The van der Waals surface area contributed by atoms with Gasteiger partial charge in [-0.1, -0.05) is 12.1 Å². The lowest BCUT2D eigenvalue weighted by Gasteiger charge is -2.18. The van der Waals surface area contributed by atoms with Gasteiger partial charge in [-0.05, 0) is 24.8 Å². The number of phenolic OH excluding ortho intramolecular Hbond substituents is 1. The van der Waals surface area contributed by atoms with E-state index < -0.39 is 39.5 Å². The zero-order valence-corrected chi connectivity index (χ0v) is 13.4. The van der Waals surface area contributed by atoms with Crippen molar-refractivity contribution in [2.45, 2.75) is 13.0 Å². The van der Waals surface area contributed by atoms with Crippen molar-refractivity contribution in [3.8, 4) is 5.75 Å². The molecule has 1 aliphatic rings. The van der Waals surface area contributed by atoms with Crippen LogP contribution in [0.5, 0.6) is 5.75 Å². The number of phenols is 1. The molecule has 126 valence electrons. The van der Waals surface area contributed by atoms with Crippen LogP contribution in [0.3, 0.4) is 0 Å². The number of benzene rings is 1. The second-order valence-corrected chi connectivity index (χ2v) is 5.72. The maximum atomic E-state index is 12.3. The van der Waals surface area contributed by atoms with Gasteiger partial charge in [0.05, 0.1) is 16.9 Å². The first kappa shape index (κ1) is 17.5. The molecule has 1 atom stereocenters. The molecular weight excluding hydrogens is 340 g/mol. The van der Waals surface area contributed by atoms with Crippen molar-refractivity contribution in [2.75, 3.05) is 7.11 Å². The molecule has 1 fully saturated rings. The van der Waals surface area contributed by atoms with E-state index in [9.17, 15) is 29.6 Å². The van der Waals surface area contributed by atoms with Gasteiger partial charge in [0.25, 0.3) is 11.1 Å². The number of nitrogens with zero attached hydrogens (tertiary/aromatic N) is 2. The van der Waals surface area contributed by atoms with Gasteiger partial charge in [-0.15, -0.1) is 0 Å². The molecule has 0 saturated carbocycles. The van der Waals surface area contributed by atoms with Gasteiger partial charge in [-0.2, -0.15) is 0 Å². The van der Waals surface area contributed by atoms with Gasteiger partial charge < -0.3 is 9.84 Å². The molecule has 1 saturated heterocycles. The lowest BCUT2D eigenvalue weighted by Crippen LogP contribution is -2.42. The molecule has 2 rings (SSSR count). The van der Waals surface area contributed by atoms with Gasteiger partial charge in [0.15, 0.2) is 0 Å². The number of rotatable bonds is 4. The highest BCUT2D eigenvalue weighted by Crippen LogP contribution is 2.37. The molecule has 1 aromatic carbocycles. The van der Waals surface area contributed by atoms with Crippen molar-refractivity contribution < 1.29 is 29.2 Å². The molecule has 1 N–H and O–H groups in total. The summed E-state index contributed by atoms with van der Waals surface area (Å²) in [6.07, 6.45) is 1.16. The van der Waals surface area contributed by atoms with Crippen LogP contribution in [-0.4, -0.2) is 45.2 Å². The molecule has 24 heavy (non-hydrogen) atoms. The summed E-state index contributed by atoms with van der Waals surface area (Å²) in [4.78, 5) is 46.5. The van der Waals surface area contributed by atoms with Crippen LogP contribution in [0.4, 0.5) is 10.5 Å². The third kappa shape index (κ3) is 3.08. The van der Waals surface area contributed by atoms with Crippen molar-refractivity contribution >= 4 is 40.6 Å². The summed E-state index contributed by atoms with van der Waals surface area (Å²) in [5.41, 5.74) is -0.508. The maximum Gasteiger partial charge on any atom is 0.328 e. The van der Waals surface area contributed by atoms with Crippen molar-refractivity contribution in [1.82, 2.24) is 4.90 Å². The molecule has 0 radical (unpaired) electrons. The number of methoxy groups -OCH3 is 1. The first-order valence-corrected chi connectivity index (χ1v) is 7.40. The van der Waals surface area contributed by atoms with Crippen LogP contribution >= 0.6 is 11.8 Å². The van der Waals surface area contributed by atoms with E-state index in [-0.39, 0.29) is 10.5 Å². The fraction of sp³-hybridized carbons (Fsp3) is 0.214. The molecule has 0 aliphatic carbocycles. The van der Waals surface area contributed by atoms with Crippen molar-refractivity contribution in [3.63, 3.8) is 0 Å². The molecule has 1 aromatic rings. The molecule has 9 nitrogen and oxygen atoms in total. The highest BCUT2D eigenvalue weighted by molar-refractivity contribution is 8.18. The number of carbonyl (C=O) groups excluding carboxylic acids is 3. The highest BCUT2D eigenvalue weighted by atomic mass is 32.2. The van der Waals surface area contributed by atoms with Crippen molar-refractivity contribution in [1.29, 1.82) is 0 Å². The molecule has 10 heteroatoms. The first-order chi connectivity index (χ1) is 11.3. The number of ether oxygens (including phenoxy) is 1. The number of amides is 2. The van der Waals surface area contributed by atoms with Crippen molar-refractivity contribution in [3.05, 3.63) is 38.8 Å². The lowest BCUT2D eigenvalue weighted by atomic mass is 10.1. The fourth-order valence-corrected chi connectivity index (χ4v) is 2.94. The van der Waals surface area contributed by atoms with E-state index in [1.807, 2.05) is 0 Å². The highest BCUT2D eigenvalue weighted by Gasteiger charge is 2.41. The van der Waals surface area contributed by atoms with Crippen LogP contribution < -0.4 is 0 Å². The van der Waals surface area contributed by atoms with Gasteiger partial charge in [-0.25, -0.2) is 4.79 Å². The summed E-state index contributed by atoms with van der Waals surface area (Å²) in [5, 5.41) is 20.0. The number of aromatic hydroxyl groups is 1. The number of hydrogen-bond donors (Lipinski definition) is 1. The molecule has 0 aromatic heterocycles. The van der Waals surface area contributed by atoms with Gasteiger partial charge in [0.1, 0.15) is 6.04 Å². The normalized spacial score (nSPS) is 17.2. The fourth-order valence-electron chi connectivity index (χ4n) is 2.04. The molecule has 0 unspecified atom stereocenters. The Balaban J connectivity index is 2.38. The summed E-state index contributed by atoms with van der Waals surface area (Å²) >= 11 is 0.566. The molecule has 1 heterocycles. The van der Waals surface area contributed by atoms with Crippen LogP contribution in [0.25, 0.3) is 6.08 Å². The van der Waals surface area contributed by atoms with Crippen LogP contribution in [-0.2, 0) is 14.3 Å². The number of hydrogen-bond acceptors (Lipinski definition) is 8. The van der Waals surface area contributed by atoms with Crippen LogP contribution in [0.2, 0.25) is 0 Å². The Morgan fingerprint density at radius 3 is 2.71 bits per heavy atom. The number of nitro groups is 1. The van der Waals surface area contributed by atoms with Crippen LogP contribution in [0.15, 0.2) is 23.1 Å². The number of thioether (sulfide) groups is 1. The van der Waals surface area contributed by atoms with Gasteiger partial charge in [0.2, 0.25) is 5.75 Å². The number of esters is 1. The Hall–Kier alpha value is -2.88. The number of carbonyl (C=O) groups is 3. The summed E-state index contributed by atoms with van der Waals surface area (Å²) in [6.45, 7) is 1.34. The van der Waals surface area contributed by atoms with E-state index in [2.05, 4.69) is 4.74 Å². The minimum Gasteiger partial charge on any atom is -0.502 e. The Labute approximate surface area is 140 Å². The van der Waals surface area contributed by atoms with E-state index in [0.717, 1.165) is 24.2 Å². The second-order valence-electron chi connectivity index (χ2n) is 4.72.